The van der Waals surface area contributed by atoms with Crippen molar-refractivity contribution < 1.29 is 18.0 Å². The summed E-state index contributed by atoms with van der Waals surface area (Å²) in [5.41, 5.74) is -0.865. The van der Waals surface area contributed by atoms with Gasteiger partial charge in [-0.1, -0.05) is 32.4 Å². The summed E-state index contributed by atoms with van der Waals surface area (Å²) in [6.07, 6.45) is -0.0294. The third kappa shape index (κ3) is 4.45. The van der Waals surface area contributed by atoms with Crippen molar-refractivity contribution in [2.75, 3.05) is 10.6 Å². The highest BCUT2D eigenvalue weighted by atomic mass is 35.5. The number of amides is 1. The van der Waals surface area contributed by atoms with Crippen LogP contribution < -0.4 is 16.2 Å². The van der Waals surface area contributed by atoms with Crippen molar-refractivity contribution in [3.05, 3.63) is 45.6 Å². The van der Waals surface area contributed by atoms with Crippen LogP contribution in [0.1, 0.15) is 39.3 Å². The monoisotopic (exact) mass is 483 g/mol. The van der Waals surface area contributed by atoms with Gasteiger partial charge in [-0.15, -0.1) is 0 Å². The maximum Gasteiger partial charge on any atom is 0.433 e. The molecule has 0 aromatic carbocycles. The first-order valence-corrected chi connectivity index (χ1v) is 11.1. The van der Waals surface area contributed by atoms with E-state index in [0.717, 1.165) is 29.4 Å². The lowest BCUT2D eigenvalue weighted by atomic mass is 9.45. The second kappa shape index (κ2) is 8.30. The summed E-state index contributed by atoms with van der Waals surface area (Å²) < 4.78 is 38.7. The second-order valence-corrected chi connectivity index (χ2v) is 9.90. The van der Waals surface area contributed by atoms with Gasteiger partial charge in [0.05, 0.1) is 23.8 Å². The highest BCUT2D eigenvalue weighted by Crippen LogP contribution is 2.61. The molecule has 4 atom stereocenters. The normalized spacial score (nSPS) is 25.8. The molecule has 33 heavy (non-hydrogen) atoms. The summed E-state index contributed by atoms with van der Waals surface area (Å²) in [4.78, 5) is 28.2. The Morgan fingerprint density at radius 1 is 1.27 bits per heavy atom. The van der Waals surface area contributed by atoms with Crippen LogP contribution in [-0.2, 0) is 17.5 Å². The Balaban J connectivity index is 1.40. The van der Waals surface area contributed by atoms with Crippen molar-refractivity contribution in [3.8, 4) is 0 Å². The molecule has 1 amide bonds. The van der Waals surface area contributed by atoms with Crippen molar-refractivity contribution in [3.63, 3.8) is 0 Å². The molecule has 3 saturated carbocycles. The fourth-order valence-electron chi connectivity index (χ4n) is 5.19. The molecular formula is C22H25ClF3N5O2. The molecule has 3 aliphatic carbocycles. The quantitative estimate of drug-likeness (QED) is 0.656. The molecule has 0 unspecified atom stereocenters. The number of carbonyl (C=O) groups is 1. The Morgan fingerprint density at radius 2 is 2.00 bits per heavy atom. The topological polar surface area (TPSA) is 88.9 Å². The van der Waals surface area contributed by atoms with Crippen molar-refractivity contribution >= 4 is 28.9 Å². The van der Waals surface area contributed by atoms with Crippen LogP contribution in [0.25, 0.3) is 0 Å². The number of fused-ring (bicyclic) bond motifs is 2. The van der Waals surface area contributed by atoms with E-state index in [1.807, 2.05) is 0 Å². The first-order valence-electron chi connectivity index (χ1n) is 10.7. The van der Waals surface area contributed by atoms with E-state index in [4.69, 9.17) is 11.6 Å². The number of hydrogen-bond donors (Lipinski definition) is 2. The predicted molar refractivity (Wildman–Crippen MR) is 118 cm³/mol. The number of aromatic nitrogens is 3. The minimum absolute atomic E-state index is 0.0558. The lowest BCUT2D eigenvalue weighted by Crippen LogP contribution is -2.58. The Hall–Kier alpha value is -2.62. The predicted octanol–water partition coefficient (Wildman–Crippen LogP) is 4.43. The molecule has 3 fully saturated rings. The second-order valence-electron chi connectivity index (χ2n) is 9.52. The van der Waals surface area contributed by atoms with Crippen molar-refractivity contribution in [1.29, 1.82) is 0 Å². The first-order chi connectivity index (χ1) is 15.4. The first kappa shape index (κ1) is 23.5. The van der Waals surface area contributed by atoms with Gasteiger partial charge in [-0.25, -0.2) is 9.67 Å². The Labute approximate surface area is 193 Å². The number of nitrogens with zero attached hydrogens (tertiary/aromatic N) is 3. The number of hydrogen-bond acceptors (Lipinski definition) is 5. The van der Waals surface area contributed by atoms with Crippen LogP contribution in [0, 0.1) is 23.2 Å². The molecule has 3 aliphatic rings. The molecule has 11 heteroatoms. The van der Waals surface area contributed by atoms with E-state index in [0.29, 0.717) is 28.9 Å². The standard InChI is InChI=1S/C22H25ClF3N5O2/c1-11-14-6-12(21(14,2)3)7-15(11)30-16-9-28-31(20(33)19(16)23)10-18(32)29-13-4-5-17(27-8-13)22(24,25)26/h4-5,8-9,11-12,14-15,30H,6-7,10H2,1-3H3,(H,29,32)/t11-,12-,14+,15-/m1/s1. The smallest absolute Gasteiger partial charge is 0.379 e. The minimum atomic E-state index is -4.57. The average molecular weight is 484 g/mol. The lowest BCUT2D eigenvalue weighted by Gasteiger charge is -2.62. The molecule has 0 saturated heterocycles. The van der Waals surface area contributed by atoms with Gasteiger partial charge in [0.15, 0.2) is 0 Å². The van der Waals surface area contributed by atoms with E-state index in [1.165, 1.54) is 12.6 Å². The molecule has 2 aromatic rings. The molecule has 0 spiro atoms. The van der Waals surface area contributed by atoms with E-state index >= 15 is 0 Å². The number of nitrogens with one attached hydrogen (secondary N) is 2. The highest BCUT2D eigenvalue weighted by molar-refractivity contribution is 6.32. The highest BCUT2D eigenvalue weighted by Gasteiger charge is 2.56. The zero-order valence-corrected chi connectivity index (χ0v) is 19.2. The Kier molecular flexibility index (Phi) is 5.92. The van der Waals surface area contributed by atoms with E-state index in [1.54, 1.807) is 0 Å². The van der Waals surface area contributed by atoms with Gasteiger partial charge in [-0.05, 0) is 48.1 Å². The summed E-state index contributed by atoms with van der Waals surface area (Å²) in [6.45, 7) is 6.38. The third-order valence-electron chi connectivity index (χ3n) is 7.31. The maximum absolute atomic E-state index is 12.6. The largest absolute Gasteiger partial charge is 0.433 e. The van der Waals surface area contributed by atoms with Gasteiger partial charge in [0.1, 0.15) is 17.3 Å². The number of alkyl halides is 3. The van der Waals surface area contributed by atoms with Crippen LogP contribution in [0.2, 0.25) is 5.02 Å². The fraction of sp³-hybridized carbons (Fsp3) is 0.545. The number of anilines is 2. The van der Waals surface area contributed by atoms with E-state index in [-0.39, 0.29) is 16.8 Å². The average Bonchev–Trinajstić information content (AvgIpc) is 2.74. The summed E-state index contributed by atoms with van der Waals surface area (Å²) >= 11 is 6.29. The molecule has 2 N–H and O–H groups in total. The van der Waals surface area contributed by atoms with Crippen molar-refractivity contribution in [2.24, 2.45) is 23.2 Å². The van der Waals surface area contributed by atoms with Gasteiger partial charge in [-0.2, -0.15) is 18.3 Å². The number of rotatable bonds is 5. The van der Waals surface area contributed by atoms with Crippen LogP contribution in [0.5, 0.6) is 0 Å². The van der Waals surface area contributed by atoms with Crippen LogP contribution in [0.15, 0.2) is 29.3 Å². The van der Waals surface area contributed by atoms with Gasteiger partial charge in [0.2, 0.25) is 5.91 Å². The molecule has 178 valence electrons. The van der Waals surface area contributed by atoms with Crippen LogP contribution >= 0.6 is 11.6 Å². The Morgan fingerprint density at radius 3 is 2.58 bits per heavy atom. The molecule has 2 heterocycles. The summed E-state index contributed by atoms with van der Waals surface area (Å²) in [5, 5.41) is 9.75. The van der Waals surface area contributed by atoms with E-state index in [9.17, 15) is 22.8 Å². The van der Waals surface area contributed by atoms with Gasteiger partial charge < -0.3 is 10.6 Å². The summed E-state index contributed by atoms with van der Waals surface area (Å²) in [7, 11) is 0. The van der Waals surface area contributed by atoms with Gasteiger partial charge in [-0.3, -0.25) is 9.59 Å². The minimum Gasteiger partial charge on any atom is -0.379 e. The zero-order chi connectivity index (χ0) is 24.1. The van der Waals surface area contributed by atoms with Crippen LogP contribution in [-0.4, -0.2) is 26.7 Å². The van der Waals surface area contributed by atoms with E-state index in [2.05, 4.69) is 41.5 Å². The maximum atomic E-state index is 12.6. The molecule has 0 aliphatic heterocycles. The lowest BCUT2D eigenvalue weighted by molar-refractivity contribution is -0.141. The number of halogens is 4. The Bertz CT molecular complexity index is 1120. The SMILES string of the molecule is C[C@H]1[C@H](Nc2cnn(CC(=O)Nc3ccc(C(F)(F)F)nc3)c(=O)c2Cl)C[C@H]2C[C@@H]1C2(C)C. The zero-order valence-electron chi connectivity index (χ0n) is 18.4. The number of pyridine rings is 1. The van der Waals surface area contributed by atoms with Crippen molar-refractivity contribution in [1.82, 2.24) is 14.8 Å². The fourth-order valence-corrected chi connectivity index (χ4v) is 5.39. The molecular weight excluding hydrogens is 459 g/mol. The third-order valence-corrected chi connectivity index (χ3v) is 7.68. The molecule has 5 rings (SSSR count). The van der Waals surface area contributed by atoms with Crippen LogP contribution in [0.3, 0.4) is 0 Å². The van der Waals surface area contributed by atoms with Gasteiger partial charge >= 0.3 is 6.18 Å². The summed E-state index contributed by atoms with van der Waals surface area (Å²) in [5.74, 6) is 1.02. The van der Waals surface area contributed by atoms with E-state index < -0.39 is 29.9 Å². The molecule has 2 bridgehead atoms. The van der Waals surface area contributed by atoms with Crippen molar-refractivity contribution in [2.45, 2.75) is 52.4 Å². The number of carbonyl (C=O) groups excluding carboxylic acids is 1. The molecule has 0 radical (unpaired) electrons. The van der Waals surface area contributed by atoms with Gasteiger partial charge in [0, 0.05) is 6.04 Å². The van der Waals surface area contributed by atoms with Gasteiger partial charge in [0.25, 0.3) is 5.56 Å². The van der Waals surface area contributed by atoms with Crippen LogP contribution in [0.4, 0.5) is 24.5 Å². The molecule has 7 nitrogen and oxygen atoms in total. The molecule has 2 aromatic heterocycles. The summed E-state index contributed by atoms with van der Waals surface area (Å²) in [6, 6.07) is 2.03.